The molecule has 0 aromatic carbocycles. The Labute approximate surface area is 197 Å². The lowest BCUT2D eigenvalue weighted by atomic mass is 9.85. The Morgan fingerprint density at radius 3 is 1.26 bits per heavy atom. The predicted molar refractivity (Wildman–Crippen MR) is 141 cm³/mol. The van der Waals surface area contributed by atoms with Crippen molar-refractivity contribution in [2.24, 2.45) is 11.8 Å². The normalized spacial score (nSPS) is 13.4. The second-order valence-electron chi connectivity index (χ2n) is 10.4. The highest BCUT2D eigenvalue weighted by molar-refractivity contribution is 5.53. The van der Waals surface area contributed by atoms with Gasteiger partial charge in [-0.3, -0.25) is 0 Å². The van der Waals surface area contributed by atoms with Crippen LogP contribution >= 0.6 is 0 Å². The van der Waals surface area contributed by atoms with Crippen LogP contribution in [0.4, 0.5) is 0 Å². The highest BCUT2D eigenvalue weighted by Gasteiger charge is 2.15. The number of rotatable bonds is 26. The summed E-state index contributed by atoms with van der Waals surface area (Å²) in [6, 6.07) is 0. The topological polar surface area (TPSA) is 17.1 Å². The van der Waals surface area contributed by atoms with Crippen molar-refractivity contribution in [1.82, 2.24) is 0 Å². The molecule has 0 heterocycles. The summed E-state index contributed by atoms with van der Waals surface area (Å²) in [6.07, 6.45) is 34.1. The van der Waals surface area contributed by atoms with E-state index in [9.17, 15) is 4.79 Å². The molecule has 31 heavy (non-hydrogen) atoms. The first-order valence-electron chi connectivity index (χ1n) is 14.7. The fourth-order valence-corrected chi connectivity index (χ4v) is 5.10. The van der Waals surface area contributed by atoms with Gasteiger partial charge in [-0.15, -0.1) is 0 Å². The third-order valence-electron chi connectivity index (χ3n) is 7.17. The van der Waals surface area contributed by atoms with Gasteiger partial charge in [-0.25, -0.2) is 0 Å². The van der Waals surface area contributed by atoms with Crippen LogP contribution in [0, 0.1) is 11.8 Å². The fraction of sp³-hybridized carbons (Fsp3) is 0.967. The van der Waals surface area contributed by atoms with Crippen LogP contribution in [0.1, 0.15) is 175 Å². The van der Waals surface area contributed by atoms with E-state index in [0.29, 0.717) is 5.92 Å². The average Bonchev–Trinajstić information content (AvgIpc) is 2.78. The minimum atomic E-state index is 0.324. The summed E-state index contributed by atoms with van der Waals surface area (Å²) in [6.45, 7) is 6.86. The van der Waals surface area contributed by atoms with E-state index in [-0.39, 0.29) is 0 Å². The smallest absolute Gasteiger partial charge is 0.123 e. The maximum Gasteiger partial charge on any atom is 0.123 e. The molecular formula is C30H60O. The second kappa shape index (κ2) is 25.9. The van der Waals surface area contributed by atoms with Gasteiger partial charge >= 0.3 is 0 Å². The van der Waals surface area contributed by atoms with Gasteiger partial charge in [-0.05, 0) is 18.8 Å². The van der Waals surface area contributed by atoms with Crippen molar-refractivity contribution in [3.05, 3.63) is 0 Å². The standard InChI is InChI=1S/C30H60O/c1-4-7-9-10-11-12-13-14-15-16-17-18-19-20-21-23-26-30(28-31)27-29(24-6-3)25-22-8-5-2/h28-30H,4-27H2,1-3H3. The molecule has 0 aromatic rings. The second-order valence-corrected chi connectivity index (χ2v) is 10.4. The quantitative estimate of drug-likeness (QED) is 0.0972. The van der Waals surface area contributed by atoms with Crippen molar-refractivity contribution in [2.75, 3.05) is 0 Å². The molecule has 0 spiro atoms. The summed E-state index contributed by atoms with van der Waals surface area (Å²) in [5, 5.41) is 0. The predicted octanol–water partition coefficient (Wildman–Crippen LogP) is 10.8. The summed E-state index contributed by atoms with van der Waals surface area (Å²) in [4.78, 5) is 11.6. The summed E-state index contributed by atoms with van der Waals surface area (Å²) >= 11 is 0. The minimum Gasteiger partial charge on any atom is -0.303 e. The van der Waals surface area contributed by atoms with E-state index in [4.69, 9.17) is 0 Å². The molecule has 1 heteroatoms. The van der Waals surface area contributed by atoms with Crippen LogP contribution in [0.15, 0.2) is 0 Å². The molecule has 0 N–H and O–H groups in total. The zero-order valence-corrected chi connectivity index (χ0v) is 22.1. The van der Waals surface area contributed by atoms with Crippen molar-refractivity contribution in [1.29, 1.82) is 0 Å². The van der Waals surface area contributed by atoms with E-state index in [1.807, 2.05) is 0 Å². The summed E-state index contributed by atoms with van der Waals surface area (Å²) in [5.74, 6) is 1.11. The van der Waals surface area contributed by atoms with Gasteiger partial charge in [-0.2, -0.15) is 0 Å². The molecule has 0 aliphatic heterocycles. The Bertz CT molecular complexity index is 337. The average molecular weight is 437 g/mol. The van der Waals surface area contributed by atoms with E-state index < -0.39 is 0 Å². The van der Waals surface area contributed by atoms with E-state index in [1.165, 1.54) is 148 Å². The maximum absolute atomic E-state index is 11.6. The molecule has 1 nitrogen and oxygen atoms in total. The van der Waals surface area contributed by atoms with Crippen molar-refractivity contribution in [3.8, 4) is 0 Å². The van der Waals surface area contributed by atoms with Crippen LogP contribution in [0.2, 0.25) is 0 Å². The molecule has 0 saturated heterocycles. The fourth-order valence-electron chi connectivity index (χ4n) is 5.10. The number of carbonyl (C=O) groups is 1. The first-order valence-corrected chi connectivity index (χ1v) is 14.7. The zero-order valence-electron chi connectivity index (χ0n) is 22.1. The van der Waals surface area contributed by atoms with Crippen molar-refractivity contribution < 1.29 is 4.79 Å². The van der Waals surface area contributed by atoms with Crippen LogP contribution in [0.3, 0.4) is 0 Å². The van der Waals surface area contributed by atoms with E-state index in [1.54, 1.807) is 0 Å². The van der Waals surface area contributed by atoms with E-state index in [0.717, 1.165) is 18.8 Å². The molecule has 2 atom stereocenters. The first-order chi connectivity index (χ1) is 15.3. The molecular weight excluding hydrogens is 376 g/mol. The Balaban J connectivity index is 3.49. The Morgan fingerprint density at radius 1 is 0.452 bits per heavy atom. The molecule has 2 unspecified atom stereocenters. The van der Waals surface area contributed by atoms with E-state index >= 15 is 0 Å². The molecule has 0 fully saturated rings. The zero-order chi connectivity index (χ0) is 22.8. The Kier molecular flexibility index (Phi) is 25.7. The third-order valence-corrected chi connectivity index (χ3v) is 7.17. The van der Waals surface area contributed by atoms with Gasteiger partial charge in [0.15, 0.2) is 0 Å². The van der Waals surface area contributed by atoms with E-state index in [2.05, 4.69) is 20.8 Å². The van der Waals surface area contributed by atoms with Gasteiger partial charge in [0.05, 0.1) is 0 Å². The minimum absolute atomic E-state index is 0.324. The summed E-state index contributed by atoms with van der Waals surface area (Å²) in [7, 11) is 0. The largest absolute Gasteiger partial charge is 0.303 e. The van der Waals surface area contributed by atoms with Gasteiger partial charge < -0.3 is 4.79 Å². The Morgan fingerprint density at radius 2 is 0.839 bits per heavy atom. The van der Waals surface area contributed by atoms with Crippen molar-refractivity contribution >= 4 is 6.29 Å². The number of hydrogen-bond acceptors (Lipinski definition) is 1. The lowest BCUT2D eigenvalue weighted by molar-refractivity contribution is -0.111. The SMILES string of the molecule is CCCCCCCCCCCCCCCCCCC(C=O)CC(CCC)CCCCC. The molecule has 0 rings (SSSR count). The van der Waals surface area contributed by atoms with Gasteiger partial charge in [0.1, 0.15) is 6.29 Å². The molecule has 0 aliphatic carbocycles. The lowest BCUT2D eigenvalue weighted by Gasteiger charge is -2.20. The number of hydrogen-bond donors (Lipinski definition) is 0. The number of carbonyl (C=O) groups excluding carboxylic acids is 1. The molecule has 0 aliphatic rings. The molecule has 0 radical (unpaired) electrons. The highest BCUT2D eigenvalue weighted by Crippen LogP contribution is 2.26. The molecule has 186 valence electrons. The van der Waals surface area contributed by atoms with Crippen LogP contribution in [0.5, 0.6) is 0 Å². The van der Waals surface area contributed by atoms with Gasteiger partial charge in [0, 0.05) is 5.92 Å². The van der Waals surface area contributed by atoms with Crippen LogP contribution in [-0.4, -0.2) is 6.29 Å². The number of aldehydes is 1. The summed E-state index contributed by atoms with van der Waals surface area (Å²) in [5.41, 5.74) is 0. The molecule has 0 aromatic heterocycles. The summed E-state index contributed by atoms with van der Waals surface area (Å²) < 4.78 is 0. The molecule has 0 bridgehead atoms. The van der Waals surface area contributed by atoms with Crippen LogP contribution in [0.25, 0.3) is 0 Å². The van der Waals surface area contributed by atoms with Crippen molar-refractivity contribution in [3.63, 3.8) is 0 Å². The van der Waals surface area contributed by atoms with Crippen LogP contribution in [-0.2, 0) is 4.79 Å². The van der Waals surface area contributed by atoms with Crippen molar-refractivity contribution in [2.45, 2.75) is 175 Å². The number of unbranched alkanes of at least 4 members (excludes halogenated alkanes) is 17. The van der Waals surface area contributed by atoms with Gasteiger partial charge in [0.2, 0.25) is 0 Å². The lowest BCUT2D eigenvalue weighted by Crippen LogP contribution is -2.11. The van der Waals surface area contributed by atoms with Gasteiger partial charge in [-0.1, -0.05) is 162 Å². The first kappa shape index (κ1) is 30.7. The molecule has 0 amide bonds. The van der Waals surface area contributed by atoms with Gasteiger partial charge in [0.25, 0.3) is 0 Å². The molecule has 0 saturated carbocycles. The highest BCUT2D eigenvalue weighted by atomic mass is 16.1. The maximum atomic E-state index is 11.6. The third kappa shape index (κ3) is 22.6. The van der Waals surface area contributed by atoms with Crippen LogP contribution < -0.4 is 0 Å². The Hall–Kier alpha value is -0.330. The monoisotopic (exact) mass is 436 g/mol.